The van der Waals surface area contributed by atoms with Gasteiger partial charge in [-0.25, -0.2) is 0 Å². The van der Waals surface area contributed by atoms with Gasteiger partial charge in [-0.3, -0.25) is 4.79 Å². The molecule has 0 saturated heterocycles. The van der Waals surface area contributed by atoms with E-state index in [2.05, 4.69) is 19.2 Å². The van der Waals surface area contributed by atoms with Crippen molar-refractivity contribution < 1.29 is 9.53 Å². The first-order chi connectivity index (χ1) is 7.04. The summed E-state index contributed by atoms with van der Waals surface area (Å²) >= 11 is 0. The van der Waals surface area contributed by atoms with Crippen LogP contribution < -0.4 is 5.32 Å². The quantitative estimate of drug-likeness (QED) is 0.608. The van der Waals surface area contributed by atoms with Crippen LogP contribution in [0.25, 0.3) is 0 Å². The van der Waals surface area contributed by atoms with Crippen LogP contribution in [-0.2, 0) is 9.53 Å². The minimum absolute atomic E-state index is 0.109. The zero-order valence-corrected chi connectivity index (χ0v) is 10.4. The summed E-state index contributed by atoms with van der Waals surface area (Å²) in [5, 5.41) is 3.08. The average Bonchev–Trinajstić information content (AvgIpc) is 2.15. The molecule has 0 atom stereocenters. The summed E-state index contributed by atoms with van der Waals surface area (Å²) in [6.07, 6.45) is 0.952. The summed E-state index contributed by atoms with van der Waals surface area (Å²) in [5.41, 5.74) is 0. The zero-order chi connectivity index (χ0) is 11.7. The van der Waals surface area contributed by atoms with Gasteiger partial charge in [-0.05, 0) is 18.9 Å². The molecule has 0 aliphatic rings. The lowest BCUT2D eigenvalue weighted by molar-refractivity contribution is -0.127. The van der Waals surface area contributed by atoms with E-state index < -0.39 is 0 Å². The van der Waals surface area contributed by atoms with E-state index in [0.717, 1.165) is 26.2 Å². The van der Waals surface area contributed by atoms with Gasteiger partial charge in [0.25, 0.3) is 0 Å². The molecule has 0 aromatic rings. The Kier molecular flexibility index (Phi) is 8.33. The van der Waals surface area contributed by atoms with Crippen LogP contribution in [-0.4, -0.2) is 51.2 Å². The molecule has 0 fully saturated rings. The van der Waals surface area contributed by atoms with Gasteiger partial charge in [0.2, 0.25) is 5.91 Å². The Morgan fingerprint density at radius 1 is 1.40 bits per heavy atom. The molecule has 1 N–H and O–H groups in total. The number of likely N-dealkylation sites (N-methyl/N-ethyl adjacent to an activating group) is 1. The molecule has 0 aliphatic carbocycles. The number of amides is 1. The Labute approximate surface area is 93.0 Å². The number of rotatable bonds is 8. The van der Waals surface area contributed by atoms with Gasteiger partial charge < -0.3 is 15.0 Å². The predicted octanol–water partition coefficient (Wildman–Crippen LogP) is 0.727. The highest BCUT2D eigenvalue weighted by Gasteiger charge is 2.01. The van der Waals surface area contributed by atoms with Crippen LogP contribution in [0, 0.1) is 5.92 Å². The van der Waals surface area contributed by atoms with Crippen molar-refractivity contribution in [2.75, 3.05) is 40.4 Å². The number of hydrogen-bond donors (Lipinski definition) is 1. The number of carbonyl (C=O) groups excluding carboxylic acids is 1. The smallest absolute Gasteiger partial charge is 0.236 e. The van der Waals surface area contributed by atoms with Gasteiger partial charge in [-0.2, -0.15) is 0 Å². The molecule has 0 aromatic carbocycles. The van der Waals surface area contributed by atoms with Crippen molar-refractivity contribution >= 4 is 5.91 Å². The van der Waals surface area contributed by atoms with Gasteiger partial charge in [0.05, 0.1) is 6.54 Å². The molecule has 0 bridgehead atoms. The van der Waals surface area contributed by atoms with Crippen LogP contribution in [0.2, 0.25) is 0 Å². The highest BCUT2D eigenvalue weighted by molar-refractivity contribution is 5.77. The number of carbonyl (C=O) groups is 1. The van der Waals surface area contributed by atoms with Crippen LogP contribution in [0.5, 0.6) is 0 Å². The van der Waals surface area contributed by atoms with E-state index in [1.54, 1.807) is 19.0 Å². The second-order valence-electron chi connectivity index (χ2n) is 4.29. The molecule has 0 unspecified atom stereocenters. The highest BCUT2D eigenvalue weighted by atomic mass is 16.5. The monoisotopic (exact) mass is 216 g/mol. The normalized spacial score (nSPS) is 10.7. The van der Waals surface area contributed by atoms with E-state index in [1.165, 1.54) is 0 Å². The van der Waals surface area contributed by atoms with Gasteiger partial charge in [-0.1, -0.05) is 13.8 Å². The summed E-state index contributed by atoms with van der Waals surface area (Å²) in [6.45, 7) is 7.09. The third-order valence-corrected chi connectivity index (χ3v) is 1.87. The molecular formula is C11H24N2O2. The lowest BCUT2D eigenvalue weighted by Crippen LogP contribution is -2.33. The van der Waals surface area contributed by atoms with Crippen LogP contribution in [0.4, 0.5) is 0 Å². The fraction of sp³-hybridized carbons (Fsp3) is 0.909. The van der Waals surface area contributed by atoms with Gasteiger partial charge in [-0.15, -0.1) is 0 Å². The summed E-state index contributed by atoms with van der Waals surface area (Å²) in [7, 11) is 3.52. The predicted molar refractivity (Wildman–Crippen MR) is 61.8 cm³/mol. The second-order valence-corrected chi connectivity index (χ2v) is 4.29. The number of hydrogen-bond acceptors (Lipinski definition) is 3. The summed E-state index contributed by atoms with van der Waals surface area (Å²) in [6, 6.07) is 0. The molecule has 0 rings (SSSR count). The first-order valence-corrected chi connectivity index (χ1v) is 5.52. The molecule has 0 aliphatic heterocycles. The summed E-state index contributed by atoms with van der Waals surface area (Å²) in [5.74, 6) is 0.700. The number of nitrogens with one attached hydrogen (secondary N) is 1. The first-order valence-electron chi connectivity index (χ1n) is 5.52. The molecule has 1 amide bonds. The third kappa shape index (κ3) is 9.69. The maximum absolute atomic E-state index is 11.2. The van der Waals surface area contributed by atoms with Gasteiger partial charge in [0.1, 0.15) is 0 Å². The van der Waals surface area contributed by atoms with Crippen molar-refractivity contribution in [3.63, 3.8) is 0 Å². The van der Waals surface area contributed by atoms with E-state index >= 15 is 0 Å². The van der Waals surface area contributed by atoms with E-state index in [0.29, 0.717) is 12.5 Å². The number of ether oxygens (including phenoxy) is 1. The molecule has 4 heteroatoms. The Balaban J connectivity index is 3.15. The minimum Gasteiger partial charge on any atom is -0.381 e. The minimum atomic E-state index is 0.109. The maximum atomic E-state index is 11.2. The van der Waals surface area contributed by atoms with E-state index in [1.807, 2.05) is 0 Å². The summed E-state index contributed by atoms with van der Waals surface area (Å²) < 4.78 is 5.41. The largest absolute Gasteiger partial charge is 0.381 e. The fourth-order valence-electron chi connectivity index (χ4n) is 0.972. The first kappa shape index (κ1) is 14.4. The van der Waals surface area contributed by atoms with Crippen LogP contribution in [0.15, 0.2) is 0 Å². The van der Waals surface area contributed by atoms with E-state index in [-0.39, 0.29) is 5.91 Å². The Hall–Kier alpha value is -0.610. The zero-order valence-electron chi connectivity index (χ0n) is 10.4. The van der Waals surface area contributed by atoms with E-state index in [4.69, 9.17) is 4.74 Å². The molecule has 15 heavy (non-hydrogen) atoms. The van der Waals surface area contributed by atoms with Gasteiger partial charge in [0.15, 0.2) is 0 Å². The molecule has 4 nitrogen and oxygen atoms in total. The lowest BCUT2D eigenvalue weighted by Gasteiger charge is -2.11. The van der Waals surface area contributed by atoms with Crippen molar-refractivity contribution in [3.8, 4) is 0 Å². The standard InChI is InChI=1S/C11H24N2O2/c1-10(2)9-15-7-5-6-12-8-11(14)13(3)4/h10,12H,5-9H2,1-4H3. The SMILES string of the molecule is CC(C)COCCCNCC(=O)N(C)C. The van der Waals surface area contributed by atoms with E-state index in [9.17, 15) is 4.79 Å². The van der Waals surface area contributed by atoms with Crippen molar-refractivity contribution in [2.45, 2.75) is 20.3 Å². The second kappa shape index (κ2) is 8.68. The molecule has 0 saturated carbocycles. The van der Waals surface area contributed by atoms with Crippen LogP contribution >= 0.6 is 0 Å². The molecule has 0 heterocycles. The molecular weight excluding hydrogens is 192 g/mol. The summed E-state index contributed by atoms with van der Waals surface area (Å²) in [4.78, 5) is 12.7. The maximum Gasteiger partial charge on any atom is 0.236 e. The van der Waals surface area contributed by atoms with Crippen LogP contribution in [0.3, 0.4) is 0 Å². The van der Waals surface area contributed by atoms with Crippen molar-refractivity contribution in [1.29, 1.82) is 0 Å². The Morgan fingerprint density at radius 2 is 2.07 bits per heavy atom. The average molecular weight is 216 g/mol. The van der Waals surface area contributed by atoms with Crippen molar-refractivity contribution in [3.05, 3.63) is 0 Å². The molecule has 0 aromatic heterocycles. The Bertz CT molecular complexity index is 170. The highest BCUT2D eigenvalue weighted by Crippen LogP contribution is 1.92. The number of nitrogens with zero attached hydrogens (tertiary/aromatic N) is 1. The fourth-order valence-corrected chi connectivity index (χ4v) is 0.972. The molecule has 90 valence electrons. The van der Waals surface area contributed by atoms with Gasteiger partial charge in [0, 0.05) is 27.3 Å². The molecule has 0 radical (unpaired) electrons. The lowest BCUT2D eigenvalue weighted by atomic mass is 10.2. The Morgan fingerprint density at radius 3 is 2.60 bits per heavy atom. The van der Waals surface area contributed by atoms with Crippen molar-refractivity contribution in [2.24, 2.45) is 5.92 Å². The topological polar surface area (TPSA) is 41.6 Å². The molecule has 0 spiro atoms. The third-order valence-electron chi connectivity index (χ3n) is 1.87. The van der Waals surface area contributed by atoms with Gasteiger partial charge >= 0.3 is 0 Å². The van der Waals surface area contributed by atoms with Crippen molar-refractivity contribution in [1.82, 2.24) is 10.2 Å². The van der Waals surface area contributed by atoms with Crippen LogP contribution in [0.1, 0.15) is 20.3 Å².